The summed E-state index contributed by atoms with van der Waals surface area (Å²) in [6.45, 7) is 3.59. The molecule has 2 aromatic rings. The number of nitrogens with one attached hydrogen (secondary N) is 1. The Bertz CT molecular complexity index is 791. The van der Waals surface area contributed by atoms with E-state index in [4.69, 9.17) is 16.3 Å². The number of aliphatic hydroxyl groups excluding tert-OH is 1. The number of halogens is 1. The third-order valence-corrected chi connectivity index (χ3v) is 4.86. The predicted molar refractivity (Wildman–Crippen MR) is 97.0 cm³/mol. The van der Waals surface area contributed by atoms with Crippen LogP contribution in [0, 0.1) is 12.8 Å². The van der Waals surface area contributed by atoms with Crippen molar-refractivity contribution in [2.24, 2.45) is 5.92 Å². The van der Waals surface area contributed by atoms with Crippen molar-refractivity contribution in [3.05, 3.63) is 22.8 Å². The molecule has 1 fully saturated rings. The number of nitrogens with zero attached hydrogens (tertiary/aromatic N) is 2. The lowest BCUT2D eigenvalue weighted by Gasteiger charge is -2.18. The molecule has 0 spiro atoms. The topological polar surface area (TPSA) is 84.3 Å². The fourth-order valence-electron chi connectivity index (χ4n) is 3.25. The van der Waals surface area contributed by atoms with Gasteiger partial charge in [-0.25, -0.2) is 9.97 Å². The molecule has 1 aliphatic rings. The third kappa shape index (κ3) is 4.19. The minimum absolute atomic E-state index is 0.226. The fourth-order valence-corrected chi connectivity index (χ4v) is 3.45. The lowest BCUT2D eigenvalue weighted by Crippen LogP contribution is -2.27. The molecule has 1 aromatic carbocycles. The summed E-state index contributed by atoms with van der Waals surface area (Å²) in [5.74, 6) is 0.850. The monoisotopic (exact) mass is 363 g/mol. The van der Waals surface area contributed by atoms with E-state index in [1.54, 1.807) is 12.1 Å². The Morgan fingerprint density at radius 3 is 2.72 bits per heavy atom. The Morgan fingerprint density at radius 2 is 2.04 bits per heavy atom. The first-order valence-corrected chi connectivity index (χ1v) is 8.90. The number of aliphatic hydroxyl groups is 1. The zero-order valence-electron chi connectivity index (χ0n) is 14.4. The summed E-state index contributed by atoms with van der Waals surface area (Å²) >= 11 is 6.22. The summed E-state index contributed by atoms with van der Waals surface area (Å²) in [5, 5.41) is 13.6. The van der Waals surface area contributed by atoms with Gasteiger partial charge in [0.05, 0.1) is 17.1 Å². The first kappa shape index (κ1) is 17.9. The number of fused-ring (bicyclic) bond motifs is 1. The number of rotatable bonds is 5. The molecule has 134 valence electrons. The Kier molecular flexibility index (Phi) is 5.39. The third-order valence-electron chi connectivity index (χ3n) is 4.59. The fraction of sp³-hybridized carbons (Fsp3) is 0.500. The molecule has 1 unspecified atom stereocenters. The summed E-state index contributed by atoms with van der Waals surface area (Å²) in [5.41, 5.74) is 1.99. The molecule has 1 atom stereocenters. The molecule has 7 heteroatoms. The van der Waals surface area contributed by atoms with E-state index in [1.165, 1.54) is 19.8 Å². The zero-order chi connectivity index (χ0) is 18.0. The van der Waals surface area contributed by atoms with Crippen molar-refractivity contribution in [2.75, 3.05) is 11.9 Å². The summed E-state index contributed by atoms with van der Waals surface area (Å²) in [6, 6.07) is 3.46. The predicted octanol–water partition coefficient (Wildman–Crippen LogP) is 3.48. The molecule has 0 aliphatic heterocycles. The molecule has 1 aliphatic carbocycles. The molecule has 1 saturated carbocycles. The first-order valence-electron chi connectivity index (χ1n) is 8.52. The van der Waals surface area contributed by atoms with Crippen LogP contribution >= 0.6 is 11.6 Å². The molecule has 0 radical (unpaired) electrons. The van der Waals surface area contributed by atoms with E-state index < -0.39 is 6.10 Å². The average molecular weight is 364 g/mol. The molecule has 0 amide bonds. The van der Waals surface area contributed by atoms with E-state index in [0.29, 0.717) is 35.1 Å². The van der Waals surface area contributed by atoms with Crippen molar-refractivity contribution in [1.29, 1.82) is 0 Å². The lowest BCUT2D eigenvalue weighted by atomic mass is 10.0. The van der Waals surface area contributed by atoms with Gasteiger partial charge in [0.2, 0.25) is 0 Å². The SMILES string of the molecule is CC(=O)Oc1cc2nc(Cl)c(NCC(O)C3CCCC3)nc2cc1C. The molecule has 1 aromatic heterocycles. The van der Waals surface area contributed by atoms with Crippen molar-refractivity contribution in [3.8, 4) is 5.75 Å². The van der Waals surface area contributed by atoms with Gasteiger partial charge >= 0.3 is 5.97 Å². The van der Waals surface area contributed by atoms with E-state index in [1.807, 2.05) is 6.92 Å². The number of hydrogen-bond acceptors (Lipinski definition) is 6. The number of hydrogen-bond donors (Lipinski definition) is 2. The van der Waals surface area contributed by atoms with Crippen LogP contribution in [0.1, 0.15) is 38.2 Å². The van der Waals surface area contributed by atoms with Gasteiger partial charge in [-0.15, -0.1) is 0 Å². The summed E-state index contributed by atoms with van der Waals surface area (Å²) in [6.07, 6.45) is 4.09. The minimum atomic E-state index is -0.413. The van der Waals surface area contributed by atoms with Gasteiger partial charge in [-0.3, -0.25) is 4.79 Å². The Morgan fingerprint density at radius 1 is 1.36 bits per heavy atom. The van der Waals surface area contributed by atoms with E-state index in [9.17, 15) is 9.90 Å². The number of carbonyl (C=O) groups is 1. The largest absolute Gasteiger partial charge is 0.426 e. The molecule has 1 heterocycles. The number of carbonyl (C=O) groups excluding carboxylic acids is 1. The maximum absolute atomic E-state index is 11.2. The Hall–Kier alpha value is -1.92. The van der Waals surface area contributed by atoms with Gasteiger partial charge in [-0.05, 0) is 37.3 Å². The van der Waals surface area contributed by atoms with E-state index in [0.717, 1.165) is 18.4 Å². The number of ether oxygens (including phenoxy) is 1. The van der Waals surface area contributed by atoms with E-state index in [2.05, 4.69) is 15.3 Å². The number of esters is 1. The van der Waals surface area contributed by atoms with Crippen molar-refractivity contribution in [3.63, 3.8) is 0 Å². The molecule has 0 bridgehead atoms. The van der Waals surface area contributed by atoms with Crippen LogP contribution in [-0.4, -0.2) is 33.7 Å². The quantitative estimate of drug-likeness (QED) is 0.625. The Labute approximate surface area is 151 Å². The van der Waals surface area contributed by atoms with Crippen LogP contribution in [0.4, 0.5) is 5.82 Å². The second-order valence-electron chi connectivity index (χ2n) is 6.56. The standard InChI is InChI=1S/C18H22ClN3O3/c1-10-7-13-14(8-16(10)25-11(2)23)21-17(19)18(22-13)20-9-15(24)12-5-3-4-6-12/h7-8,12,15,24H,3-6,9H2,1-2H3,(H,20,22). The van der Waals surface area contributed by atoms with Gasteiger partial charge < -0.3 is 15.2 Å². The number of anilines is 1. The normalized spacial score (nSPS) is 16.2. The molecular weight excluding hydrogens is 342 g/mol. The zero-order valence-corrected chi connectivity index (χ0v) is 15.1. The van der Waals surface area contributed by atoms with Crippen molar-refractivity contribution >= 4 is 34.4 Å². The smallest absolute Gasteiger partial charge is 0.308 e. The van der Waals surface area contributed by atoms with Crippen LogP contribution in [0.15, 0.2) is 12.1 Å². The molecule has 25 heavy (non-hydrogen) atoms. The van der Waals surface area contributed by atoms with Crippen LogP contribution in [0.2, 0.25) is 5.15 Å². The van der Waals surface area contributed by atoms with Gasteiger partial charge in [-0.1, -0.05) is 24.4 Å². The van der Waals surface area contributed by atoms with Crippen molar-refractivity contribution in [1.82, 2.24) is 9.97 Å². The average Bonchev–Trinajstić information content (AvgIpc) is 3.08. The lowest BCUT2D eigenvalue weighted by molar-refractivity contribution is -0.131. The van der Waals surface area contributed by atoms with Gasteiger partial charge in [0.1, 0.15) is 5.75 Å². The Balaban J connectivity index is 1.79. The summed E-state index contributed by atoms with van der Waals surface area (Å²) in [4.78, 5) is 20.0. The second-order valence-corrected chi connectivity index (χ2v) is 6.91. The molecule has 2 N–H and O–H groups in total. The number of benzene rings is 1. The maximum atomic E-state index is 11.2. The molecule has 0 saturated heterocycles. The van der Waals surface area contributed by atoms with Gasteiger partial charge in [0.25, 0.3) is 0 Å². The second kappa shape index (κ2) is 7.54. The van der Waals surface area contributed by atoms with Gasteiger partial charge in [0.15, 0.2) is 11.0 Å². The van der Waals surface area contributed by atoms with Crippen molar-refractivity contribution in [2.45, 2.75) is 45.6 Å². The van der Waals surface area contributed by atoms with Crippen LogP contribution in [0.5, 0.6) is 5.75 Å². The molecular formula is C18H22ClN3O3. The summed E-state index contributed by atoms with van der Waals surface area (Å²) in [7, 11) is 0. The maximum Gasteiger partial charge on any atom is 0.308 e. The van der Waals surface area contributed by atoms with E-state index >= 15 is 0 Å². The molecule has 3 rings (SSSR count). The highest BCUT2D eigenvalue weighted by Crippen LogP contribution is 2.29. The van der Waals surface area contributed by atoms with Crippen LogP contribution in [-0.2, 0) is 4.79 Å². The first-order chi connectivity index (χ1) is 11.9. The van der Waals surface area contributed by atoms with Crippen LogP contribution in [0.25, 0.3) is 11.0 Å². The molecule has 6 nitrogen and oxygen atoms in total. The highest BCUT2D eigenvalue weighted by Gasteiger charge is 2.23. The van der Waals surface area contributed by atoms with Crippen molar-refractivity contribution < 1.29 is 14.6 Å². The highest BCUT2D eigenvalue weighted by atomic mass is 35.5. The van der Waals surface area contributed by atoms with Gasteiger partial charge in [0, 0.05) is 19.5 Å². The van der Waals surface area contributed by atoms with E-state index in [-0.39, 0.29) is 11.1 Å². The summed E-state index contributed by atoms with van der Waals surface area (Å²) < 4.78 is 5.16. The van der Waals surface area contributed by atoms with Crippen LogP contribution < -0.4 is 10.1 Å². The number of aryl methyl sites for hydroxylation is 1. The van der Waals surface area contributed by atoms with Gasteiger partial charge in [-0.2, -0.15) is 0 Å². The minimum Gasteiger partial charge on any atom is -0.426 e. The number of aromatic nitrogens is 2. The highest BCUT2D eigenvalue weighted by molar-refractivity contribution is 6.32. The van der Waals surface area contributed by atoms with Crippen LogP contribution in [0.3, 0.4) is 0 Å².